The van der Waals surface area contributed by atoms with Crippen LogP contribution >= 0.6 is 23.1 Å². The molecule has 0 aliphatic heterocycles. The molecule has 4 rings (SSSR count). The summed E-state index contributed by atoms with van der Waals surface area (Å²) in [6.07, 6.45) is 3.46. The number of fused-ring (bicyclic) bond motifs is 1. The minimum Gasteiger partial charge on any atom is -0.463 e. The largest absolute Gasteiger partial charge is 0.463 e. The third-order valence-electron chi connectivity index (χ3n) is 3.87. The summed E-state index contributed by atoms with van der Waals surface area (Å²) in [5, 5.41) is 6.29. The predicted octanol–water partition coefficient (Wildman–Crippen LogP) is 5.44. The molecule has 0 spiro atoms. The van der Waals surface area contributed by atoms with Gasteiger partial charge in [0.25, 0.3) is 0 Å². The summed E-state index contributed by atoms with van der Waals surface area (Å²) in [6.45, 7) is 0. The van der Waals surface area contributed by atoms with Crippen LogP contribution in [0.2, 0.25) is 0 Å². The van der Waals surface area contributed by atoms with Crippen LogP contribution in [0, 0.1) is 0 Å². The molecule has 2 heterocycles. The standard InChI is InChI=1S/C21H17N3O2S2/c25-20(12-14-27-17-8-2-1-3-9-17)24(22-15-16-7-6-13-26-16)21-23-18-10-4-5-11-19(18)28-21/h1-11,13,15H,12,14H2/b22-15-. The number of hydrogen-bond acceptors (Lipinski definition) is 6. The maximum absolute atomic E-state index is 12.9. The van der Waals surface area contributed by atoms with Gasteiger partial charge >= 0.3 is 0 Å². The Kier molecular flexibility index (Phi) is 5.84. The number of furan rings is 1. The Balaban J connectivity index is 1.52. The molecule has 7 heteroatoms. The van der Waals surface area contributed by atoms with Gasteiger partial charge in [0.1, 0.15) is 5.76 Å². The first-order valence-electron chi connectivity index (χ1n) is 8.73. The third-order valence-corrected chi connectivity index (χ3v) is 5.90. The summed E-state index contributed by atoms with van der Waals surface area (Å²) < 4.78 is 6.30. The lowest BCUT2D eigenvalue weighted by molar-refractivity contribution is -0.118. The molecule has 1 amide bonds. The summed E-state index contributed by atoms with van der Waals surface area (Å²) >= 11 is 3.09. The van der Waals surface area contributed by atoms with E-state index in [2.05, 4.69) is 10.1 Å². The smallest absolute Gasteiger partial charge is 0.250 e. The van der Waals surface area contributed by atoms with E-state index in [4.69, 9.17) is 4.42 Å². The number of hydrogen-bond donors (Lipinski definition) is 0. The molecule has 140 valence electrons. The van der Waals surface area contributed by atoms with Crippen molar-refractivity contribution in [3.63, 3.8) is 0 Å². The van der Waals surface area contributed by atoms with E-state index in [-0.39, 0.29) is 5.91 Å². The second-order valence-electron chi connectivity index (χ2n) is 5.84. The molecule has 0 bridgehead atoms. The molecule has 0 fully saturated rings. The van der Waals surface area contributed by atoms with Gasteiger partial charge in [-0.1, -0.05) is 41.7 Å². The molecule has 4 aromatic rings. The Morgan fingerprint density at radius 2 is 1.93 bits per heavy atom. The summed E-state index contributed by atoms with van der Waals surface area (Å²) in [5.41, 5.74) is 0.854. The zero-order valence-corrected chi connectivity index (χ0v) is 16.5. The van der Waals surface area contributed by atoms with Gasteiger partial charge in [0.05, 0.1) is 22.7 Å². The van der Waals surface area contributed by atoms with Crippen molar-refractivity contribution in [1.29, 1.82) is 0 Å². The molecule has 0 saturated heterocycles. The number of aromatic nitrogens is 1. The fourth-order valence-corrected chi connectivity index (χ4v) is 4.33. The number of carbonyl (C=O) groups excluding carboxylic acids is 1. The molecule has 0 aliphatic carbocycles. The van der Waals surface area contributed by atoms with Crippen molar-refractivity contribution in [2.45, 2.75) is 11.3 Å². The van der Waals surface area contributed by atoms with E-state index in [1.807, 2.05) is 54.6 Å². The van der Waals surface area contributed by atoms with Gasteiger partial charge in [-0.2, -0.15) is 10.1 Å². The first-order chi connectivity index (χ1) is 13.8. The van der Waals surface area contributed by atoms with Crippen molar-refractivity contribution in [2.24, 2.45) is 5.10 Å². The number of hydrazone groups is 1. The lowest BCUT2D eigenvalue weighted by Gasteiger charge is -2.13. The molecule has 5 nitrogen and oxygen atoms in total. The average molecular weight is 408 g/mol. The number of anilines is 1. The van der Waals surface area contributed by atoms with Gasteiger partial charge in [-0.3, -0.25) is 4.79 Å². The van der Waals surface area contributed by atoms with Crippen LogP contribution in [0.3, 0.4) is 0 Å². The molecule has 0 unspecified atom stereocenters. The second-order valence-corrected chi connectivity index (χ2v) is 8.02. The number of carbonyl (C=O) groups is 1. The lowest BCUT2D eigenvalue weighted by atomic mass is 10.3. The molecular formula is C21H17N3O2S2. The van der Waals surface area contributed by atoms with E-state index in [1.54, 1.807) is 30.2 Å². The van der Waals surface area contributed by atoms with Crippen molar-refractivity contribution >= 4 is 50.6 Å². The number of nitrogens with zero attached hydrogens (tertiary/aromatic N) is 3. The van der Waals surface area contributed by atoms with Crippen molar-refractivity contribution in [3.8, 4) is 0 Å². The highest BCUT2D eigenvalue weighted by molar-refractivity contribution is 7.99. The molecule has 2 aromatic heterocycles. The molecular weight excluding hydrogens is 390 g/mol. The Labute approximate surface area is 170 Å². The Hall–Kier alpha value is -2.90. The van der Waals surface area contributed by atoms with Gasteiger partial charge < -0.3 is 4.42 Å². The van der Waals surface area contributed by atoms with Crippen LogP contribution in [0.25, 0.3) is 10.2 Å². The molecule has 0 atom stereocenters. The number of para-hydroxylation sites is 1. The van der Waals surface area contributed by atoms with Crippen LogP contribution in [-0.4, -0.2) is 22.9 Å². The lowest BCUT2D eigenvalue weighted by Crippen LogP contribution is -2.25. The van der Waals surface area contributed by atoms with Crippen molar-refractivity contribution in [3.05, 3.63) is 78.8 Å². The van der Waals surface area contributed by atoms with Gasteiger partial charge in [-0.15, -0.1) is 11.8 Å². The van der Waals surface area contributed by atoms with Crippen LogP contribution in [0.15, 0.2) is 87.4 Å². The van der Waals surface area contributed by atoms with Gasteiger partial charge in [0.15, 0.2) is 0 Å². The Morgan fingerprint density at radius 1 is 1.11 bits per heavy atom. The number of rotatable bonds is 7. The fourth-order valence-electron chi connectivity index (χ4n) is 2.53. The second kappa shape index (κ2) is 8.86. The number of thiazole rings is 1. The van der Waals surface area contributed by atoms with E-state index < -0.39 is 0 Å². The highest BCUT2D eigenvalue weighted by atomic mass is 32.2. The van der Waals surface area contributed by atoms with E-state index in [9.17, 15) is 4.79 Å². The van der Waals surface area contributed by atoms with Gasteiger partial charge in [0, 0.05) is 17.1 Å². The number of benzene rings is 2. The minimum atomic E-state index is -0.106. The fraction of sp³-hybridized carbons (Fsp3) is 0.0952. The maximum Gasteiger partial charge on any atom is 0.250 e. The number of amides is 1. The van der Waals surface area contributed by atoms with Crippen LogP contribution in [-0.2, 0) is 4.79 Å². The molecule has 28 heavy (non-hydrogen) atoms. The van der Waals surface area contributed by atoms with E-state index in [1.165, 1.54) is 22.6 Å². The van der Waals surface area contributed by atoms with Gasteiger partial charge in [-0.05, 0) is 36.4 Å². The highest BCUT2D eigenvalue weighted by Gasteiger charge is 2.19. The Morgan fingerprint density at radius 3 is 2.71 bits per heavy atom. The third kappa shape index (κ3) is 4.49. The topological polar surface area (TPSA) is 58.7 Å². The summed E-state index contributed by atoms with van der Waals surface area (Å²) in [6, 6.07) is 21.4. The zero-order valence-electron chi connectivity index (χ0n) is 14.9. The molecule has 0 aliphatic rings. The quantitative estimate of drug-likeness (QED) is 0.233. The van der Waals surface area contributed by atoms with Crippen LogP contribution in [0.1, 0.15) is 12.2 Å². The minimum absolute atomic E-state index is 0.106. The highest BCUT2D eigenvalue weighted by Crippen LogP contribution is 2.29. The molecule has 0 saturated carbocycles. The first-order valence-corrected chi connectivity index (χ1v) is 10.5. The SMILES string of the molecule is O=C(CCSc1ccccc1)N(/N=C\c1ccco1)c1nc2ccccc2s1. The summed E-state index contributed by atoms with van der Waals surface area (Å²) in [7, 11) is 0. The molecule has 0 N–H and O–H groups in total. The monoisotopic (exact) mass is 407 g/mol. The normalized spacial score (nSPS) is 11.3. The van der Waals surface area contributed by atoms with E-state index >= 15 is 0 Å². The first kappa shape index (κ1) is 18.5. The van der Waals surface area contributed by atoms with Crippen molar-refractivity contribution in [1.82, 2.24) is 4.98 Å². The molecule has 0 radical (unpaired) electrons. The van der Waals surface area contributed by atoms with Crippen LogP contribution in [0.4, 0.5) is 5.13 Å². The van der Waals surface area contributed by atoms with Crippen molar-refractivity contribution in [2.75, 3.05) is 10.8 Å². The maximum atomic E-state index is 12.9. The molecule has 2 aromatic carbocycles. The van der Waals surface area contributed by atoms with Crippen LogP contribution < -0.4 is 5.01 Å². The number of thioether (sulfide) groups is 1. The van der Waals surface area contributed by atoms with Crippen LogP contribution in [0.5, 0.6) is 0 Å². The van der Waals surface area contributed by atoms with Crippen molar-refractivity contribution < 1.29 is 9.21 Å². The van der Waals surface area contributed by atoms with Gasteiger partial charge in [0.2, 0.25) is 11.0 Å². The predicted molar refractivity (Wildman–Crippen MR) is 115 cm³/mol. The van der Waals surface area contributed by atoms with E-state index in [0.29, 0.717) is 23.1 Å². The average Bonchev–Trinajstić information content (AvgIpc) is 3.38. The summed E-state index contributed by atoms with van der Waals surface area (Å²) in [5.74, 6) is 1.14. The van der Waals surface area contributed by atoms with Gasteiger partial charge in [-0.25, -0.2) is 4.98 Å². The Bertz CT molecular complexity index is 1040. The van der Waals surface area contributed by atoms with E-state index in [0.717, 1.165) is 15.1 Å². The zero-order chi connectivity index (χ0) is 19.2. The summed E-state index contributed by atoms with van der Waals surface area (Å²) in [4.78, 5) is 18.6.